The largest absolute Gasteiger partial charge is 0.369 e. The predicted octanol–water partition coefficient (Wildman–Crippen LogP) is 3.08. The molecule has 29 heavy (non-hydrogen) atoms. The quantitative estimate of drug-likeness (QED) is 0.709. The highest BCUT2D eigenvalue weighted by molar-refractivity contribution is 7.99. The Balaban J connectivity index is 1.44. The van der Waals surface area contributed by atoms with Crippen LogP contribution in [-0.2, 0) is 9.59 Å². The average Bonchev–Trinajstić information content (AvgIpc) is 3.27. The molecule has 0 radical (unpaired) electrons. The number of hydrogen-bond donors (Lipinski definition) is 2. The van der Waals surface area contributed by atoms with Gasteiger partial charge in [0, 0.05) is 30.3 Å². The summed E-state index contributed by atoms with van der Waals surface area (Å²) in [6.45, 7) is 3.46. The molecule has 2 aliphatic heterocycles. The SMILES string of the molecule is CC(C(=O)Nc1ccc(N2CCSCC2)c(Cl)c1)N1C(=O)NC2(CCCC2)C1=O. The minimum atomic E-state index is -0.903. The summed E-state index contributed by atoms with van der Waals surface area (Å²) in [6, 6.07) is 4.03. The second-order valence-electron chi connectivity index (χ2n) is 7.83. The Kier molecular flexibility index (Phi) is 5.66. The fourth-order valence-electron chi connectivity index (χ4n) is 4.32. The lowest BCUT2D eigenvalue weighted by Crippen LogP contribution is -2.48. The lowest BCUT2D eigenvalue weighted by atomic mass is 9.97. The molecule has 0 bridgehead atoms. The summed E-state index contributed by atoms with van der Waals surface area (Å²) in [4.78, 5) is 41.3. The highest BCUT2D eigenvalue weighted by atomic mass is 35.5. The van der Waals surface area contributed by atoms with Gasteiger partial charge in [-0.05, 0) is 38.0 Å². The molecule has 0 aromatic heterocycles. The maximum atomic E-state index is 12.8. The van der Waals surface area contributed by atoms with E-state index in [1.165, 1.54) is 0 Å². The average molecular weight is 437 g/mol. The van der Waals surface area contributed by atoms with Crippen LogP contribution in [0.3, 0.4) is 0 Å². The number of imide groups is 1. The number of thioether (sulfide) groups is 1. The number of anilines is 2. The van der Waals surface area contributed by atoms with Crippen LogP contribution in [0, 0.1) is 0 Å². The van der Waals surface area contributed by atoms with E-state index in [9.17, 15) is 14.4 Å². The van der Waals surface area contributed by atoms with Crippen molar-refractivity contribution in [2.75, 3.05) is 34.8 Å². The molecule has 4 amide bonds. The first-order valence-electron chi connectivity index (χ1n) is 10.0. The lowest BCUT2D eigenvalue weighted by Gasteiger charge is -2.29. The van der Waals surface area contributed by atoms with Crippen molar-refractivity contribution in [2.24, 2.45) is 0 Å². The van der Waals surface area contributed by atoms with Crippen molar-refractivity contribution in [3.63, 3.8) is 0 Å². The van der Waals surface area contributed by atoms with Crippen molar-refractivity contribution >= 4 is 52.6 Å². The molecular weight excluding hydrogens is 412 g/mol. The molecule has 156 valence electrons. The molecule has 7 nitrogen and oxygen atoms in total. The number of halogens is 1. The van der Waals surface area contributed by atoms with Crippen molar-refractivity contribution in [1.82, 2.24) is 10.2 Å². The molecule has 1 aromatic rings. The molecule has 1 aromatic carbocycles. The zero-order valence-electron chi connectivity index (χ0n) is 16.4. The summed E-state index contributed by atoms with van der Waals surface area (Å²) in [5, 5.41) is 6.17. The van der Waals surface area contributed by atoms with E-state index < -0.39 is 23.5 Å². The highest BCUT2D eigenvalue weighted by Gasteiger charge is 2.54. The Labute approximate surface area is 179 Å². The van der Waals surface area contributed by atoms with Gasteiger partial charge in [0.2, 0.25) is 5.91 Å². The van der Waals surface area contributed by atoms with Gasteiger partial charge in [0.15, 0.2) is 0 Å². The third kappa shape index (κ3) is 3.80. The number of carbonyl (C=O) groups is 3. The van der Waals surface area contributed by atoms with Gasteiger partial charge in [0.05, 0.1) is 10.7 Å². The molecule has 9 heteroatoms. The molecule has 3 aliphatic rings. The summed E-state index contributed by atoms with van der Waals surface area (Å²) >= 11 is 8.38. The van der Waals surface area contributed by atoms with Crippen molar-refractivity contribution < 1.29 is 14.4 Å². The molecule has 1 aliphatic carbocycles. The Morgan fingerprint density at radius 3 is 2.59 bits per heavy atom. The third-order valence-corrected chi connectivity index (χ3v) is 7.23. The van der Waals surface area contributed by atoms with Gasteiger partial charge in [-0.1, -0.05) is 24.4 Å². The van der Waals surface area contributed by atoms with Crippen LogP contribution in [-0.4, -0.2) is 58.9 Å². The van der Waals surface area contributed by atoms with Crippen molar-refractivity contribution in [3.8, 4) is 0 Å². The first-order valence-corrected chi connectivity index (χ1v) is 11.5. The predicted molar refractivity (Wildman–Crippen MR) is 116 cm³/mol. The number of urea groups is 1. The molecule has 2 heterocycles. The number of nitrogens with one attached hydrogen (secondary N) is 2. The van der Waals surface area contributed by atoms with Gasteiger partial charge in [-0.2, -0.15) is 11.8 Å². The van der Waals surface area contributed by atoms with Gasteiger partial charge in [0.25, 0.3) is 5.91 Å². The summed E-state index contributed by atoms with van der Waals surface area (Å²) in [5.41, 5.74) is 0.684. The fraction of sp³-hybridized carbons (Fsp3) is 0.550. The molecule has 1 atom stereocenters. The van der Waals surface area contributed by atoms with Crippen LogP contribution in [0.1, 0.15) is 32.6 Å². The highest BCUT2D eigenvalue weighted by Crippen LogP contribution is 2.36. The third-order valence-electron chi connectivity index (χ3n) is 5.98. The summed E-state index contributed by atoms with van der Waals surface area (Å²) in [6.07, 6.45) is 3.07. The first-order chi connectivity index (χ1) is 13.9. The Hall–Kier alpha value is -1.93. The zero-order valence-corrected chi connectivity index (χ0v) is 17.9. The molecule has 1 saturated carbocycles. The van der Waals surface area contributed by atoms with E-state index in [1.807, 2.05) is 17.8 Å². The van der Waals surface area contributed by atoms with Crippen LogP contribution >= 0.6 is 23.4 Å². The van der Waals surface area contributed by atoms with E-state index in [2.05, 4.69) is 15.5 Å². The van der Waals surface area contributed by atoms with Crippen LogP contribution in [0.2, 0.25) is 5.02 Å². The first kappa shape index (κ1) is 20.3. The maximum Gasteiger partial charge on any atom is 0.325 e. The number of benzene rings is 1. The second-order valence-corrected chi connectivity index (χ2v) is 9.46. The molecule has 1 unspecified atom stereocenters. The Morgan fingerprint density at radius 1 is 1.24 bits per heavy atom. The van der Waals surface area contributed by atoms with Gasteiger partial charge in [-0.25, -0.2) is 9.69 Å². The fourth-order valence-corrected chi connectivity index (χ4v) is 5.52. The number of carbonyl (C=O) groups excluding carboxylic acids is 3. The lowest BCUT2D eigenvalue weighted by molar-refractivity contribution is -0.136. The normalized spacial score (nSPS) is 22.1. The smallest absolute Gasteiger partial charge is 0.325 e. The standard InChI is InChI=1S/C20H25ClN4O3S/c1-13(25-18(27)20(23-19(25)28)6-2-3-7-20)17(26)22-14-4-5-16(15(21)12-14)24-8-10-29-11-9-24/h4-5,12-13H,2-3,6-11H2,1H3,(H,22,26)(H,23,28). The molecule has 2 saturated heterocycles. The molecule has 3 fully saturated rings. The zero-order chi connectivity index (χ0) is 20.6. The van der Waals surface area contributed by atoms with Crippen molar-refractivity contribution in [2.45, 2.75) is 44.2 Å². The van der Waals surface area contributed by atoms with Crippen LogP contribution in [0.15, 0.2) is 18.2 Å². The van der Waals surface area contributed by atoms with Crippen LogP contribution < -0.4 is 15.5 Å². The van der Waals surface area contributed by atoms with Gasteiger partial charge >= 0.3 is 6.03 Å². The Bertz CT molecular complexity index is 837. The van der Waals surface area contributed by atoms with Gasteiger partial charge in [-0.3, -0.25) is 9.59 Å². The number of rotatable bonds is 4. The van der Waals surface area contributed by atoms with E-state index in [1.54, 1.807) is 19.1 Å². The molecule has 2 N–H and O–H groups in total. The van der Waals surface area contributed by atoms with Gasteiger partial charge < -0.3 is 15.5 Å². The summed E-state index contributed by atoms with van der Waals surface area (Å²) in [5.74, 6) is 1.43. The van der Waals surface area contributed by atoms with E-state index >= 15 is 0 Å². The van der Waals surface area contributed by atoms with E-state index in [0.717, 1.165) is 48.0 Å². The van der Waals surface area contributed by atoms with Gasteiger partial charge in [0.1, 0.15) is 11.6 Å². The Morgan fingerprint density at radius 2 is 1.93 bits per heavy atom. The number of amides is 4. The molecule has 4 rings (SSSR count). The van der Waals surface area contributed by atoms with Crippen LogP contribution in [0.25, 0.3) is 0 Å². The molecule has 1 spiro atoms. The monoisotopic (exact) mass is 436 g/mol. The van der Waals surface area contributed by atoms with E-state index in [0.29, 0.717) is 23.6 Å². The van der Waals surface area contributed by atoms with Gasteiger partial charge in [-0.15, -0.1) is 0 Å². The summed E-state index contributed by atoms with van der Waals surface area (Å²) < 4.78 is 0. The molecular formula is C20H25ClN4O3S. The number of hydrogen-bond acceptors (Lipinski definition) is 5. The summed E-state index contributed by atoms with van der Waals surface area (Å²) in [7, 11) is 0. The van der Waals surface area contributed by atoms with E-state index in [4.69, 9.17) is 11.6 Å². The maximum absolute atomic E-state index is 12.8. The van der Waals surface area contributed by atoms with Crippen LogP contribution in [0.5, 0.6) is 0 Å². The topological polar surface area (TPSA) is 81.8 Å². The van der Waals surface area contributed by atoms with Crippen molar-refractivity contribution in [1.29, 1.82) is 0 Å². The minimum absolute atomic E-state index is 0.293. The van der Waals surface area contributed by atoms with Crippen LogP contribution in [0.4, 0.5) is 16.2 Å². The minimum Gasteiger partial charge on any atom is -0.369 e. The van der Waals surface area contributed by atoms with Crippen molar-refractivity contribution in [3.05, 3.63) is 23.2 Å². The second kappa shape index (κ2) is 8.07. The number of nitrogens with zero attached hydrogens (tertiary/aromatic N) is 2. The van der Waals surface area contributed by atoms with E-state index in [-0.39, 0.29) is 5.91 Å².